The summed E-state index contributed by atoms with van der Waals surface area (Å²) in [4.78, 5) is 21.6. The normalized spacial score (nSPS) is 13.8. The van der Waals surface area contributed by atoms with E-state index in [1.807, 2.05) is 30.0 Å². The lowest BCUT2D eigenvalue weighted by Gasteiger charge is -2.23. The lowest BCUT2D eigenvalue weighted by Crippen LogP contribution is -2.35. The van der Waals surface area contributed by atoms with Gasteiger partial charge in [0, 0.05) is 11.6 Å². The third kappa shape index (κ3) is 5.34. The second-order valence-corrected chi connectivity index (χ2v) is 7.79. The van der Waals surface area contributed by atoms with E-state index in [1.54, 1.807) is 18.2 Å². The van der Waals surface area contributed by atoms with Crippen LogP contribution in [0.15, 0.2) is 41.2 Å². The second kappa shape index (κ2) is 9.65. The van der Waals surface area contributed by atoms with Gasteiger partial charge in [-0.15, -0.1) is 0 Å². The molecular formula is C22H24ClN3O5. The fraction of sp³-hybridized carbons (Fsp3) is 0.364. The van der Waals surface area contributed by atoms with Gasteiger partial charge in [0.1, 0.15) is 5.82 Å². The molecule has 164 valence electrons. The zero-order valence-corrected chi connectivity index (χ0v) is 17.9. The van der Waals surface area contributed by atoms with Gasteiger partial charge in [-0.25, -0.2) is 4.98 Å². The first kappa shape index (κ1) is 21.6. The Morgan fingerprint density at radius 3 is 2.94 bits per heavy atom. The van der Waals surface area contributed by atoms with Crippen molar-refractivity contribution in [3.63, 3.8) is 0 Å². The molecule has 0 bridgehead atoms. The molecule has 0 saturated heterocycles. The summed E-state index contributed by atoms with van der Waals surface area (Å²) in [6.45, 7) is 4.22. The van der Waals surface area contributed by atoms with Crippen molar-refractivity contribution in [3.8, 4) is 11.5 Å². The maximum Gasteiger partial charge on any atom is 0.258 e. The number of ether oxygens (including phenoxy) is 3. The Morgan fingerprint density at radius 1 is 1.26 bits per heavy atom. The number of hydrogen-bond donors (Lipinski definition) is 2. The summed E-state index contributed by atoms with van der Waals surface area (Å²) in [5, 5.41) is 11.4. The van der Waals surface area contributed by atoms with Crippen molar-refractivity contribution in [2.75, 3.05) is 26.5 Å². The van der Waals surface area contributed by atoms with E-state index in [9.17, 15) is 9.90 Å². The molecule has 1 aliphatic heterocycles. The molecule has 4 rings (SSSR count). The minimum atomic E-state index is -0.685. The minimum Gasteiger partial charge on any atom is -0.454 e. The predicted molar refractivity (Wildman–Crippen MR) is 117 cm³/mol. The van der Waals surface area contributed by atoms with E-state index >= 15 is 0 Å². The Balaban J connectivity index is 1.31. The monoisotopic (exact) mass is 445 g/mol. The predicted octanol–water partition coefficient (Wildman–Crippen LogP) is 2.70. The zero-order valence-electron chi connectivity index (χ0n) is 17.1. The summed E-state index contributed by atoms with van der Waals surface area (Å²) in [5.74, 6) is 1.96. The van der Waals surface area contributed by atoms with Crippen LogP contribution < -0.4 is 15.0 Å². The molecule has 31 heavy (non-hydrogen) atoms. The van der Waals surface area contributed by atoms with Crippen LogP contribution in [-0.4, -0.2) is 52.6 Å². The molecule has 0 fully saturated rings. The first-order valence-electron chi connectivity index (χ1n) is 10.1. The first-order valence-corrected chi connectivity index (χ1v) is 10.4. The molecule has 1 atom stereocenters. The molecular weight excluding hydrogens is 422 g/mol. The number of H-pyrrole nitrogens is 1. The fourth-order valence-electron chi connectivity index (χ4n) is 3.45. The smallest absolute Gasteiger partial charge is 0.258 e. The molecule has 1 aromatic heterocycles. The average Bonchev–Trinajstić information content (AvgIpc) is 3.21. The van der Waals surface area contributed by atoms with Crippen molar-refractivity contribution in [2.24, 2.45) is 0 Å². The molecule has 0 saturated carbocycles. The topological polar surface area (TPSA) is 96.9 Å². The molecule has 0 amide bonds. The van der Waals surface area contributed by atoms with Crippen LogP contribution in [0.25, 0.3) is 10.9 Å². The van der Waals surface area contributed by atoms with Crippen molar-refractivity contribution >= 4 is 22.5 Å². The van der Waals surface area contributed by atoms with Crippen molar-refractivity contribution in [1.29, 1.82) is 0 Å². The molecule has 2 N–H and O–H groups in total. The minimum absolute atomic E-state index is 0.183. The second-order valence-electron chi connectivity index (χ2n) is 7.36. The number of rotatable bonds is 9. The third-order valence-corrected chi connectivity index (χ3v) is 5.26. The van der Waals surface area contributed by atoms with Gasteiger partial charge in [-0.3, -0.25) is 9.69 Å². The van der Waals surface area contributed by atoms with E-state index in [0.717, 1.165) is 11.3 Å². The number of aromatic nitrogens is 2. The van der Waals surface area contributed by atoms with E-state index < -0.39 is 6.10 Å². The Bertz CT molecular complexity index is 1120. The zero-order chi connectivity index (χ0) is 21.8. The lowest BCUT2D eigenvalue weighted by atomic mass is 10.2. The Hall–Kier alpha value is -2.65. The number of benzene rings is 2. The molecule has 3 aromatic rings. The standard InChI is InChI=1S/C22H24ClN3O5/c1-2-26(10-21-24-18-8-15(23)4-5-17(18)22(28)25-21)9-16(27)12-29-11-14-3-6-19-20(7-14)31-13-30-19/h3-8,16,27H,2,9-13H2,1H3,(H,24,25,28)/t16-/m1/s1. The van der Waals surface area contributed by atoms with E-state index in [4.69, 9.17) is 25.8 Å². The van der Waals surface area contributed by atoms with Crippen LogP contribution in [0.4, 0.5) is 0 Å². The Morgan fingerprint density at radius 2 is 2.10 bits per heavy atom. The molecule has 2 heterocycles. The molecule has 2 aromatic carbocycles. The summed E-state index contributed by atoms with van der Waals surface area (Å²) in [7, 11) is 0. The number of nitrogens with one attached hydrogen (secondary N) is 1. The van der Waals surface area contributed by atoms with Gasteiger partial charge in [-0.05, 0) is 42.4 Å². The van der Waals surface area contributed by atoms with Crippen molar-refractivity contribution in [2.45, 2.75) is 26.2 Å². The number of nitrogens with zero attached hydrogens (tertiary/aromatic N) is 2. The van der Waals surface area contributed by atoms with E-state index in [1.165, 1.54) is 0 Å². The fourth-order valence-corrected chi connectivity index (χ4v) is 3.61. The molecule has 0 aliphatic carbocycles. The molecule has 0 spiro atoms. The van der Waals surface area contributed by atoms with Crippen LogP contribution in [0.5, 0.6) is 11.5 Å². The Kier molecular flexibility index (Phi) is 6.72. The summed E-state index contributed by atoms with van der Waals surface area (Å²) in [6, 6.07) is 10.6. The van der Waals surface area contributed by atoms with Gasteiger partial charge < -0.3 is 24.3 Å². The van der Waals surface area contributed by atoms with Crippen LogP contribution in [0.3, 0.4) is 0 Å². The van der Waals surface area contributed by atoms with Crippen molar-refractivity contribution in [1.82, 2.24) is 14.9 Å². The molecule has 9 heteroatoms. The van der Waals surface area contributed by atoms with Crippen LogP contribution in [-0.2, 0) is 17.9 Å². The largest absolute Gasteiger partial charge is 0.454 e. The maximum absolute atomic E-state index is 12.3. The maximum atomic E-state index is 12.3. The molecule has 0 radical (unpaired) electrons. The van der Waals surface area contributed by atoms with Gasteiger partial charge >= 0.3 is 0 Å². The van der Waals surface area contributed by atoms with Gasteiger partial charge in [0.15, 0.2) is 11.5 Å². The molecule has 8 nitrogen and oxygen atoms in total. The van der Waals surface area contributed by atoms with Crippen LogP contribution >= 0.6 is 11.6 Å². The summed E-state index contributed by atoms with van der Waals surface area (Å²) in [6.07, 6.45) is -0.685. The van der Waals surface area contributed by atoms with Crippen LogP contribution in [0, 0.1) is 0 Å². The SMILES string of the molecule is CCN(Cc1nc2cc(Cl)ccc2c(=O)[nH]1)C[C@@H](O)COCc1ccc2c(c1)OCO2. The molecule has 0 unspecified atom stereocenters. The van der Waals surface area contributed by atoms with E-state index in [2.05, 4.69) is 9.97 Å². The number of aliphatic hydroxyl groups is 1. The number of aliphatic hydroxyl groups excluding tert-OH is 1. The quantitative estimate of drug-likeness (QED) is 0.522. The third-order valence-electron chi connectivity index (χ3n) is 5.02. The number of likely N-dealkylation sites (N-methyl/N-ethyl adjacent to an activating group) is 1. The highest BCUT2D eigenvalue weighted by Gasteiger charge is 2.15. The Labute approximate surface area is 184 Å². The van der Waals surface area contributed by atoms with Crippen molar-refractivity contribution in [3.05, 3.63) is 63.2 Å². The average molecular weight is 446 g/mol. The van der Waals surface area contributed by atoms with Gasteiger partial charge in [0.05, 0.1) is 36.8 Å². The first-order chi connectivity index (χ1) is 15.0. The van der Waals surface area contributed by atoms with Gasteiger partial charge in [-0.2, -0.15) is 0 Å². The number of hydrogen-bond acceptors (Lipinski definition) is 7. The molecule has 1 aliphatic rings. The van der Waals surface area contributed by atoms with Crippen LogP contribution in [0.1, 0.15) is 18.3 Å². The number of aromatic amines is 1. The summed E-state index contributed by atoms with van der Waals surface area (Å²) >= 11 is 6.02. The number of halogens is 1. The van der Waals surface area contributed by atoms with Crippen molar-refractivity contribution < 1.29 is 19.3 Å². The highest BCUT2D eigenvalue weighted by molar-refractivity contribution is 6.31. The van der Waals surface area contributed by atoms with E-state index in [-0.39, 0.29) is 19.0 Å². The summed E-state index contributed by atoms with van der Waals surface area (Å²) < 4.78 is 16.3. The van der Waals surface area contributed by atoms with Gasteiger partial charge in [0.2, 0.25) is 6.79 Å². The number of fused-ring (bicyclic) bond motifs is 2. The summed E-state index contributed by atoms with van der Waals surface area (Å²) in [5.41, 5.74) is 1.29. The van der Waals surface area contributed by atoms with Gasteiger partial charge in [-0.1, -0.05) is 24.6 Å². The lowest BCUT2D eigenvalue weighted by molar-refractivity contribution is 0.00902. The van der Waals surface area contributed by atoms with Crippen LogP contribution in [0.2, 0.25) is 5.02 Å². The highest BCUT2D eigenvalue weighted by Crippen LogP contribution is 2.32. The highest BCUT2D eigenvalue weighted by atomic mass is 35.5. The van der Waals surface area contributed by atoms with Gasteiger partial charge in [0.25, 0.3) is 5.56 Å². The van der Waals surface area contributed by atoms with E-state index in [0.29, 0.717) is 53.7 Å².